The molecule has 0 saturated heterocycles. The summed E-state index contributed by atoms with van der Waals surface area (Å²) >= 11 is 0. The van der Waals surface area contributed by atoms with Crippen molar-refractivity contribution in [2.45, 2.75) is 32.0 Å². The monoisotopic (exact) mass is 173 g/mol. The fraction of sp³-hybridized carbons (Fsp3) is 1.00. The topological polar surface area (TPSA) is 43.7 Å². The number of nitrogens with zero attached hydrogens (tertiary/aromatic N) is 1. The molecule has 0 heterocycles. The Morgan fingerprint density at radius 2 is 2.08 bits per heavy atom. The van der Waals surface area contributed by atoms with Crippen LogP contribution in [0.2, 0.25) is 0 Å². The quantitative estimate of drug-likeness (QED) is 0.632. The molecule has 1 fully saturated rings. The van der Waals surface area contributed by atoms with E-state index >= 15 is 0 Å². The predicted molar refractivity (Wildman–Crippen MR) is 47.9 cm³/mol. The van der Waals surface area contributed by atoms with E-state index in [0.29, 0.717) is 5.92 Å². The van der Waals surface area contributed by atoms with Crippen LogP contribution in [0, 0.1) is 5.92 Å². The Kier molecular flexibility index (Phi) is 3.50. The van der Waals surface area contributed by atoms with Gasteiger partial charge in [-0.3, -0.25) is 0 Å². The molecule has 3 nitrogen and oxygen atoms in total. The molecule has 1 aliphatic rings. The van der Waals surface area contributed by atoms with Gasteiger partial charge in [0.2, 0.25) is 0 Å². The largest absolute Gasteiger partial charge is 0.393 e. The van der Waals surface area contributed by atoms with Crippen LogP contribution in [-0.4, -0.2) is 47.5 Å². The Balaban J connectivity index is 2.06. The third-order valence-electron chi connectivity index (χ3n) is 2.36. The second-order valence-electron chi connectivity index (χ2n) is 4.06. The molecule has 0 bridgehead atoms. The van der Waals surface area contributed by atoms with E-state index in [4.69, 9.17) is 10.2 Å². The minimum Gasteiger partial charge on any atom is -0.393 e. The Bertz CT molecular complexity index is 132. The van der Waals surface area contributed by atoms with Crippen molar-refractivity contribution in [3.63, 3.8) is 0 Å². The van der Waals surface area contributed by atoms with Crippen LogP contribution in [0.15, 0.2) is 0 Å². The smallest absolute Gasteiger partial charge is 0.0638 e. The molecule has 2 N–H and O–H groups in total. The summed E-state index contributed by atoms with van der Waals surface area (Å²) in [5.74, 6) is 0.642. The lowest BCUT2D eigenvalue weighted by molar-refractivity contribution is 0.0224. The Morgan fingerprint density at radius 1 is 1.50 bits per heavy atom. The summed E-state index contributed by atoms with van der Waals surface area (Å²) in [7, 11) is 2.01. The molecule has 12 heavy (non-hydrogen) atoms. The molecule has 1 rings (SSSR count). The normalized spacial score (nSPS) is 31.8. The van der Waals surface area contributed by atoms with E-state index in [1.54, 1.807) is 6.92 Å². The second kappa shape index (κ2) is 4.21. The lowest BCUT2D eigenvalue weighted by atomic mass is 9.82. The van der Waals surface area contributed by atoms with E-state index in [9.17, 15) is 0 Å². The van der Waals surface area contributed by atoms with Crippen molar-refractivity contribution in [1.29, 1.82) is 0 Å². The zero-order valence-corrected chi connectivity index (χ0v) is 7.90. The van der Waals surface area contributed by atoms with Gasteiger partial charge in [0.05, 0.1) is 12.2 Å². The highest BCUT2D eigenvalue weighted by molar-refractivity contribution is 4.80. The highest BCUT2D eigenvalue weighted by Crippen LogP contribution is 2.27. The molecule has 0 aromatic rings. The van der Waals surface area contributed by atoms with Gasteiger partial charge in [0, 0.05) is 13.1 Å². The zero-order valence-electron chi connectivity index (χ0n) is 7.90. The third kappa shape index (κ3) is 3.09. The number of rotatable bonds is 4. The molecule has 0 unspecified atom stereocenters. The fourth-order valence-electron chi connectivity index (χ4n) is 1.82. The zero-order chi connectivity index (χ0) is 9.14. The van der Waals surface area contributed by atoms with Crippen molar-refractivity contribution < 1.29 is 10.2 Å². The highest BCUT2D eigenvalue weighted by Gasteiger charge is 2.27. The molecule has 3 heteroatoms. The van der Waals surface area contributed by atoms with Gasteiger partial charge >= 0.3 is 0 Å². The summed E-state index contributed by atoms with van der Waals surface area (Å²) in [6.07, 6.45) is 1.56. The summed E-state index contributed by atoms with van der Waals surface area (Å²) in [6.45, 7) is 3.53. The number of hydrogen-bond acceptors (Lipinski definition) is 3. The minimum atomic E-state index is -0.250. The summed E-state index contributed by atoms with van der Waals surface area (Å²) in [4.78, 5) is 2.13. The van der Waals surface area contributed by atoms with Crippen molar-refractivity contribution in [3.8, 4) is 0 Å². The van der Waals surface area contributed by atoms with Crippen LogP contribution in [0.4, 0.5) is 0 Å². The van der Waals surface area contributed by atoms with Crippen molar-refractivity contribution in [2.24, 2.45) is 5.92 Å². The number of hydrogen-bond donors (Lipinski definition) is 2. The maximum atomic E-state index is 9.09. The first kappa shape index (κ1) is 9.96. The Hall–Kier alpha value is -0.120. The summed E-state index contributed by atoms with van der Waals surface area (Å²) in [5, 5.41) is 18.1. The van der Waals surface area contributed by atoms with E-state index in [1.165, 1.54) is 0 Å². The lowest BCUT2D eigenvalue weighted by Gasteiger charge is -2.34. The van der Waals surface area contributed by atoms with Crippen molar-refractivity contribution >= 4 is 0 Å². The van der Waals surface area contributed by atoms with Crippen molar-refractivity contribution in [1.82, 2.24) is 4.90 Å². The van der Waals surface area contributed by atoms with Crippen molar-refractivity contribution in [3.05, 3.63) is 0 Å². The summed E-state index contributed by atoms with van der Waals surface area (Å²) in [5.41, 5.74) is 0. The van der Waals surface area contributed by atoms with Crippen LogP contribution in [0.3, 0.4) is 0 Å². The molecular weight excluding hydrogens is 154 g/mol. The Morgan fingerprint density at radius 3 is 2.50 bits per heavy atom. The van der Waals surface area contributed by atoms with Crippen LogP contribution in [0.5, 0.6) is 0 Å². The van der Waals surface area contributed by atoms with Crippen LogP contribution in [0.1, 0.15) is 19.8 Å². The van der Waals surface area contributed by atoms with Gasteiger partial charge in [0.15, 0.2) is 0 Å². The Labute approximate surface area is 74.0 Å². The van der Waals surface area contributed by atoms with Gasteiger partial charge in [0.25, 0.3) is 0 Å². The fourth-order valence-corrected chi connectivity index (χ4v) is 1.82. The van der Waals surface area contributed by atoms with E-state index < -0.39 is 0 Å². The molecule has 0 aromatic heterocycles. The van der Waals surface area contributed by atoms with Gasteiger partial charge in [-0.1, -0.05) is 0 Å². The molecule has 0 amide bonds. The molecule has 72 valence electrons. The van der Waals surface area contributed by atoms with E-state index in [2.05, 4.69) is 4.90 Å². The van der Waals surface area contributed by atoms with Gasteiger partial charge in [-0.2, -0.15) is 0 Å². The highest BCUT2D eigenvalue weighted by atomic mass is 16.3. The molecule has 0 aromatic carbocycles. The number of aliphatic hydroxyl groups is 2. The summed E-state index contributed by atoms with van der Waals surface area (Å²) < 4.78 is 0. The first-order valence-electron chi connectivity index (χ1n) is 4.62. The second-order valence-corrected chi connectivity index (χ2v) is 4.06. The lowest BCUT2D eigenvalue weighted by Crippen LogP contribution is -2.39. The molecule has 0 radical (unpaired) electrons. The van der Waals surface area contributed by atoms with E-state index in [-0.39, 0.29) is 12.2 Å². The maximum absolute atomic E-state index is 9.09. The third-order valence-corrected chi connectivity index (χ3v) is 2.36. The standard InChI is InChI=1S/C9H19NO2/c1-7(11)5-10(2)6-8-3-9(12)4-8/h7-9,11-12H,3-6H2,1-2H3/t7-,8?,9?/m1/s1. The van der Waals surface area contributed by atoms with Gasteiger partial charge < -0.3 is 15.1 Å². The SMILES string of the molecule is C[C@@H](O)CN(C)CC1CC(O)C1. The molecule has 0 spiro atoms. The van der Waals surface area contributed by atoms with Gasteiger partial charge in [-0.05, 0) is 32.7 Å². The van der Waals surface area contributed by atoms with Crippen LogP contribution < -0.4 is 0 Å². The average molecular weight is 173 g/mol. The maximum Gasteiger partial charge on any atom is 0.0638 e. The van der Waals surface area contributed by atoms with Crippen LogP contribution in [0.25, 0.3) is 0 Å². The van der Waals surface area contributed by atoms with E-state index in [0.717, 1.165) is 25.9 Å². The first-order chi connectivity index (χ1) is 5.58. The number of aliphatic hydroxyl groups excluding tert-OH is 2. The van der Waals surface area contributed by atoms with Crippen molar-refractivity contribution in [2.75, 3.05) is 20.1 Å². The molecule has 1 atom stereocenters. The molecule has 1 saturated carbocycles. The predicted octanol–water partition coefficient (Wildman–Crippen LogP) is 0.0699. The molecule has 0 aliphatic heterocycles. The number of likely N-dealkylation sites (N-methyl/N-ethyl adjacent to an activating group) is 1. The van der Waals surface area contributed by atoms with E-state index in [1.807, 2.05) is 7.05 Å². The average Bonchev–Trinajstić information content (AvgIpc) is 1.82. The van der Waals surface area contributed by atoms with Gasteiger partial charge in [-0.15, -0.1) is 0 Å². The van der Waals surface area contributed by atoms with Crippen LogP contribution in [-0.2, 0) is 0 Å². The van der Waals surface area contributed by atoms with Gasteiger partial charge in [0.1, 0.15) is 0 Å². The molecule has 1 aliphatic carbocycles. The van der Waals surface area contributed by atoms with Gasteiger partial charge in [-0.25, -0.2) is 0 Å². The van der Waals surface area contributed by atoms with Crippen LogP contribution >= 0.6 is 0 Å². The minimum absolute atomic E-state index is 0.0602. The molecular formula is C9H19NO2. The summed E-state index contributed by atoms with van der Waals surface area (Å²) in [6, 6.07) is 0. The first-order valence-corrected chi connectivity index (χ1v) is 4.62.